The van der Waals surface area contributed by atoms with Gasteiger partial charge in [0.1, 0.15) is 11.9 Å². The quantitative estimate of drug-likeness (QED) is 0.770. The normalized spacial score (nSPS) is 10.1. The van der Waals surface area contributed by atoms with E-state index in [1.54, 1.807) is 18.2 Å². The average molecular weight is 286 g/mol. The molecule has 2 aromatic carbocycles. The fourth-order valence-electron chi connectivity index (χ4n) is 2.17. The minimum absolute atomic E-state index is 0.284. The summed E-state index contributed by atoms with van der Waals surface area (Å²) in [6.45, 7) is 2.53. The van der Waals surface area contributed by atoms with Crippen LogP contribution < -0.4 is 4.90 Å². The molecule has 0 aliphatic rings. The maximum atomic E-state index is 14.0. The van der Waals surface area contributed by atoms with Crippen LogP contribution in [0.4, 0.5) is 15.8 Å². The van der Waals surface area contributed by atoms with Crippen LogP contribution in [0.5, 0.6) is 0 Å². The van der Waals surface area contributed by atoms with Crippen molar-refractivity contribution in [2.75, 3.05) is 17.7 Å². The third-order valence-corrected chi connectivity index (χ3v) is 3.87. The van der Waals surface area contributed by atoms with Gasteiger partial charge in [-0.05, 0) is 37.4 Å². The van der Waals surface area contributed by atoms with Crippen LogP contribution in [0.15, 0.2) is 47.4 Å². The summed E-state index contributed by atoms with van der Waals surface area (Å²) in [5, 5.41) is 9.41. The van der Waals surface area contributed by atoms with Crippen LogP contribution in [0.3, 0.4) is 0 Å². The van der Waals surface area contributed by atoms with E-state index >= 15 is 0 Å². The number of para-hydroxylation sites is 1. The zero-order valence-electron chi connectivity index (χ0n) is 11.4. The molecule has 0 saturated heterocycles. The fourth-order valence-corrected chi connectivity index (χ4v) is 2.74. The Kier molecular flexibility index (Phi) is 4.65. The Labute approximate surface area is 122 Å². The highest BCUT2D eigenvalue weighted by molar-refractivity contribution is 7.98. The van der Waals surface area contributed by atoms with Gasteiger partial charge in [-0.15, -0.1) is 11.8 Å². The summed E-state index contributed by atoms with van der Waals surface area (Å²) in [7, 11) is 0. The molecular weight excluding hydrogens is 271 g/mol. The first-order valence-electron chi connectivity index (χ1n) is 6.32. The van der Waals surface area contributed by atoms with Crippen molar-refractivity contribution in [3.63, 3.8) is 0 Å². The van der Waals surface area contributed by atoms with Crippen LogP contribution in [-0.4, -0.2) is 12.8 Å². The van der Waals surface area contributed by atoms with E-state index in [9.17, 15) is 9.65 Å². The van der Waals surface area contributed by atoms with Gasteiger partial charge in [0, 0.05) is 11.4 Å². The Morgan fingerprint density at radius 1 is 1.15 bits per heavy atom. The van der Waals surface area contributed by atoms with Crippen molar-refractivity contribution >= 4 is 23.1 Å². The molecule has 0 unspecified atom stereocenters. The molecular formula is C16H15FN2S. The lowest BCUT2D eigenvalue weighted by atomic mass is 10.1. The standard InChI is InChI=1S/C16H15FN2S/c1-3-19(15-8-5-4-7-13(15)17)14-9-6-10-16(20-2)12(14)11-18/h4-10H,3H2,1-2H3. The minimum Gasteiger partial charge on any atom is -0.338 e. The Hall–Kier alpha value is -1.99. The number of thioether (sulfide) groups is 1. The molecule has 2 aromatic rings. The van der Waals surface area contributed by atoms with E-state index in [-0.39, 0.29) is 5.82 Å². The minimum atomic E-state index is -0.284. The highest BCUT2D eigenvalue weighted by Gasteiger charge is 2.16. The molecule has 0 amide bonds. The summed E-state index contributed by atoms with van der Waals surface area (Å²) in [4.78, 5) is 2.73. The summed E-state index contributed by atoms with van der Waals surface area (Å²) in [6, 6.07) is 14.5. The summed E-state index contributed by atoms with van der Waals surface area (Å²) in [5.41, 5.74) is 1.82. The second kappa shape index (κ2) is 6.44. The van der Waals surface area contributed by atoms with E-state index in [4.69, 9.17) is 0 Å². The number of nitrogens with zero attached hydrogens (tertiary/aromatic N) is 2. The predicted molar refractivity (Wildman–Crippen MR) is 82.0 cm³/mol. The summed E-state index contributed by atoms with van der Waals surface area (Å²) >= 11 is 1.52. The number of benzene rings is 2. The monoisotopic (exact) mass is 286 g/mol. The SMILES string of the molecule is CCN(c1ccccc1F)c1cccc(SC)c1C#N. The molecule has 102 valence electrons. The van der Waals surface area contributed by atoms with E-state index in [2.05, 4.69) is 6.07 Å². The maximum Gasteiger partial charge on any atom is 0.146 e. The van der Waals surface area contributed by atoms with Crippen molar-refractivity contribution in [3.05, 3.63) is 53.8 Å². The van der Waals surface area contributed by atoms with Gasteiger partial charge in [0.15, 0.2) is 0 Å². The summed E-state index contributed by atoms with van der Waals surface area (Å²) in [6.07, 6.45) is 1.93. The molecule has 0 aromatic heterocycles. The first-order valence-corrected chi connectivity index (χ1v) is 7.54. The Bertz CT molecular complexity index is 649. The van der Waals surface area contributed by atoms with E-state index < -0.39 is 0 Å². The number of rotatable bonds is 4. The first kappa shape index (κ1) is 14.4. The number of hydrogen-bond acceptors (Lipinski definition) is 3. The van der Waals surface area contributed by atoms with Gasteiger partial charge in [-0.25, -0.2) is 4.39 Å². The van der Waals surface area contributed by atoms with Gasteiger partial charge in [-0.3, -0.25) is 0 Å². The topological polar surface area (TPSA) is 27.0 Å². The van der Waals surface area contributed by atoms with Crippen LogP contribution in [0, 0.1) is 17.1 Å². The zero-order chi connectivity index (χ0) is 14.5. The second-order valence-electron chi connectivity index (χ2n) is 4.16. The lowest BCUT2D eigenvalue weighted by Gasteiger charge is -2.25. The second-order valence-corrected chi connectivity index (χ2v) is 5.01. The van der Waals surface area contributed by atoms with E-state index in [0.29, 0.717) is 17.8 Å². The molecule has 0 radical (unpaired) electrons. The molecule has 0 atom stereocenters. The number of anilines is 2. The Morgan fingerprint density at radius 2 is 1.85 bits per heavy atom. The Balaban J connectivity index is 2.59. The highest BCUT2D eigenvalue weighted by atomic mass is 32.2. The van der Waals surface area contributed by atoms with Crippen LogP contribution in [0.1, 0.15) is 12.5 Å². The van der Waals surface area contributed by atoms with E-state index in [1.165, 1.54) is 17.8 Å². The third-order valence-electron chi connectivity index (χ3n) is 3.09. The predicted octanol–water partition coefficient (Wildman–Crippen LogP) is 4.58. The highest BCUT2D eigenvalue weighted by Crippen LogP contribution is 2.34. The van der Waals surface area contributed by atoms with Gasteiger partial charge in [0.2, 0.25) is 0 Å². The first-order chi connectivity index (χ1) is 9.72. The van der Waals surface area contributed by atoms with Gasteiger partial charge < -0.3 is 4.90 Å². The molecule has 0 saturated carbocycles. The molecule has 0 aliphatic heterocycles. The van der Waals surface area contributed by atoms with Crippen molar-refractivity contribution < 1.29 is 4.39 Å². The number of nitriles is 1. The molecule has 0 bridgehead atoms. The molecule has 4 heteroatoms. The zero-order valence-corrected chi connectivity index (χ0v) is 12.2. The largest absolute Gasteiger partial charge is 0.338 e. The molecule has 2 rings (SSSR count). The lowest BCUT2D eigenvalue weighted by Crippen LogP contribution is -2.18. The molecule has 20 heavy (non-hydrogen) atoms. The van der Waals surface area contributed by atoms with Crippen molar-refractivity contribution in [1.29, 1.82) is 5.26 Å². The molecule has 2 nitrogen and oxygen atoms in total. The summed E-state index contributed by atoms with van der Waals surface area (Å²) < 4.78 is 14.0. The Morgan fingerprint density at radius 3 is 2.45 bits per heavy atom. The summed E-state index contributed by atoms with van der Waals surface area (Å²) in [5.74, 6) is -0.284. The van der Waals surface area contributed by atoms with Crippen molar-refractivity contribution in [3.8, 4) is 6.07 Å². The van der Waals surface area contributed by atoms with Crippen molar-refractivity contribution in [2.24, 2.45) is 0 Å². The van der Waals surface area contributed by atoms with Gasteiger partial charge >= 0.3 is 0 Å². The fraction of sp³-hybridized carbons (Fsp3) is 0.188. The molecule has 0 spiro atoms. The smallest absolute Gasteiger partial charge is 0.146 e. The van der Waals surface area contributed by atoms with Gasteiger partial charge in [0.05, 0.1) is 16.9 Å². The third kappa shape index (κ3) is 2.63. The average Bonchev–Trinajstić information content (AvgIpc) is 2.49. The number of halogens is 1. The van der Waals surface area contributed by atoms with Crippen LogP contribution >= 0.6 is 11.8 Å². The van der Waals surface area contributed by atoms with Gasteiger partial charge in [-0.1, -0.05) is 18.2 Å². The van der Waals surface area contributed by atoms with E-state index in [1.807, 2.05) is 36.3 Å². The van der Waals surface area contributed by atoms with Crippen LogP contribution in [-0.2, 0) is 0 Å². The van der Waals surface area contributed by atoms with Crippen LogP contribution in [0.25, 0.3) is 0 Å². The van der Waals surface area contributed by atoms with Crippen LogP contribution in [0.2, 0.25) is 0 Å². The van der Waals surface area contributed by atoms with E-state index in [0.717, 1.165) is 10.6 Å². The lowest BCUT2D eigenvalue weighted by molar-refractivity contribution is 0.625. The maximum absolute atomic E-state index is 14.0. The van der Waals surface area contributed by atoms with Crippen molar-refractivity contribution in [2.45, 2.75) is 11.8 Å². The molecule has 0 aliphatic carbocycles. The van der Waals surface area contributed by atoms with Crippen molar-refractivity contribution in [1.82, 2.24) is 0 Å². The molecule has 0 fully saturated rings. The van der Waals surface area contributed by atoms with Gasteiger partial charge in [0.25, 0.3) is 0 Å². The molecule has 0 heterocycles. The van der Waals surface area contributed by atoms with Gasteiger partial charge in [-0.2, -0.15) is 5.26 Å². The number of hydrogen-bond donors (Lipinski definition) is 0. The molecule has 0 N–H and O–H groups in total.